The molecule has 1 unspecified atom stereocenters. The number of piperidine rings is 2. The van der Waals surface area contributed by atoms with Crippen LogP contribution < -0.4 is 0 Å². The van der Waals surface area contributed by atoms with Crippen molar-refractivity contribution in [2.75, 3.05) is 25.4 Å². The van der Waals surface area contributed by atoms with E-state index in [2.05, 4.69) is 47.1 Å². The Morgan fingerprint density at radius 1 is 1.00 bits per heavy atom. The molecule has 0 aliphatic carbocycles. The maximum Gasteiger partial charge on any atom is 0.234 e. The molecule has 31 heavy (non-hydrogen) atoms. The van der Waals surface area contributed by atoms with Crippen LogP contribution in [0.2, 0.25) is 0 Å². The smallest absolute Gasteiger partial charge is 0.234 e. The van der Waals surface area contributed by atoms with Crippen molar-refractivity contribution in [1.82, 2.24) is 19.4 Å². The van der Waals surface area contributed by atoms with Crippen LogP contribution in [0.3, 0.4) is 0 Å². The molecule has 0 saturated carbocycles. The van der Waals surface area contributed by atoms with Gasteiger partial charge in [-0.15, -0.1) is 10.2 Å². The summed E-state index contributed by atoms with van der Waals surface area (Å²) in [7, 11) is -3.28. The zero-order valence-electron chi connectivity index (χ0n) is 18.9. The van der Waals surface area contributed by atoms with Gasteiger partial charge >= 0.3 is 0 Å². The van der Waals surface area contributed by atoms with Crippen molar-refractivity contribution in [2.24, 2.45) is 0 Å². The Hall–Kier alpha value is -1.77. The van der Waals surface area contributed by atoms with E-state index < -0.39 is 10.0 Å². The van der Waals surface area contributed by atoms with Gasteiger partial charge in [-0.05, 0) is 76.2 Å². The SMILES string of the molecule is CCS(=O)(=O)N1CCCCC1c1nnc(C2CCN(Cc3ccc(C)c(C)c3)CC2)o1. The third-order valence-corrected chi connectivity index (χ3v) is 8.71. The van der Waals surface area contributed by atoms with E-state index in [9.17, 15) is 8.42 Å². The Bertz CT molecular complexity index is 996. The number of hydrogen-bond acceptors (Lipinski definition) is 6. The van der Waals surface area contributed by atoms with Crippen LogP contribution in [0.25, 0.3) is 0 Å². The van der Waals surface area contributed by atoms with Gasteiger partial charge < -0.3 is 4.42 Å². The summed E-state index contributed by atoms with van der Waals surface area (Å²) in [6.45, 7) is 9.49. The van der Waals surface area contributed by atoms with E-state index in [1.807, 2.05) is 0 Å². The summed E-state index contributed by atoms with van der Waals surface area (Å²) in [6.07, 6.45) is 4.57. The maximum atomic E-state index is 12.5. The molecule has 1 aromatic heterocycles. The molecule has 2 aromatic rings. The minimum Gasteiger partial charge on any atom is -0.423 e. The molecule has 3 heterocycles. The van der Waals surface area contributed by atoms with Crippen LogP contribution in [0.15, 0.2) is 22.6 Å². The van der Waals surface area contributed by atoms with Crippen LogP contribution in [0.1, 0.15) is 79.5 Å². The predicted molar refractivity (Wildman–Crippen MR) is 120 cm³/mol. The number of aryl methyl sites for hydroxylation is 2. The van der Waals surface area contributed by atoms with Crippen molar-refractivity contribution in [2.45, 2.75) is 71.4 Å². The minimum atomic E-state index is -3.28. The molecule has 4 rings (SSSR count). The maximum absolute atomic E-state index is 12.5. The molecule has 0 N–H and O–H groups in total. The summed E-state index contributed by atoms with van der Waals surface area (Å²) in [6, 6.07) is 6.39. The number of hydrogen-bond donors (Lipinski definition) is 0. The molecule has 170 valence electrons. The molecule has 0 bridgehead atoms. The van der Waals surface area contributed by atoms with Gasteiger partial charge in [0.2, 0.25) is 21.8 Å². The van der Waals surface area contributed by atoms with E-state index in [1.54, 1.807) is 11.2 Å². The van der Waals surface area contributed by atoms with Gasteiger partial charge in [0.1, 0.15) is 6.04 Å². The second-order valence-electron chi connectivity index (χ2n) is 8.97. The zero-order chi connectivity index (χ0) is 22.0. The van der Waals surface area contributed by atoms with Gasteiger partial charge in [0.05, 0.1) is 5.75 Å². The summed E-state index contributed by atoms with van der Waals surface area (Å²) in [5.41, 5.74) is 4.03. The first-order valence-electron chi connectivity index (χ1n) is 11.5. The Morgan fingerprint density at radius 2 is 1.74 bits per heavy atom. The molecular weight excluding hydrogens is 412 g/mol. The molecule has 2 saturated heterocycles. The molecule has 2 aliphatic heterocycles. The Kier molecular flexibility index (Phi) is 6.79. The highest BCUT2D eigenvalue weighted by Crippen LogP contribution is 2.35. The number of likely N-dealkylation sites (tertiary alicyclic amines) is 1. The van der Waals surface area contributed by atoms with Gasteiger partial charge in [0.15, 0.2) is 0 Å². The first-order valence-corrected chi connectivity index (χ1v) is 13.1. The monoisotopic (exact) mass is 446 g/mol. The van der Waals surface area contributed by atoms with E-state index in [0.29, 0.717) is 18.3 Å². The van der Waals surface area contributed by atoms with Gasteiger partial charge in [-0.3, -0.25) is 4.90 Å². The third kappa shape index (κ3) is 5.02. The highest BCUT2D eigenvalue weighted by atomic mass is 32.2. The van der Waals surface area contributed by atoms with E-state index in [0.717, 1.165) is 51.7 Å². The molecule has 0 radical (unpaired) electrons. The van der Waals surface area contributed by atoms with E-state index in [-0.39, 0.29) is 17.7 Å². The fourth-order valence-corrected chi connectivity index (χ4v) is 6.02. The molecule has 2 fully saturated rings. The summed E-state index contributed by atoms with van der Waals surface area (Å²) in [5, 5.41) is 8.61. The quantitative estimate of drug-likeness (QED) is 0.669. The summed E-state index contributed by atoms with van der Waals surface area (Å²) < 4.78 is 32.6. The van der Waals surface area contributed by atoms with Crippen LogP contribution in [0.5, 0.6) is 0 Å². The highest BCUT2D eigenvalue weighted by molar-refractivity contribution is 7.89. The van der Waals surface area contributed by atoms with Crippen LogP contribution in [-0.4, -0.2) is 53.2 Å². The number of sulfonamides is 1. The normalized spacial score (nSPS) is 22.1. The highest BCUT2D eigenvalue weighted by Gasteiger charge is 2.36. The van der Waals surface area contributed by atoms with Crippen molar-refractivity contribution in [1.29, 1.82) is 0 Å². The van der Waals surface area contributed by atoms with E-state index in [1.165, 1.54) is 16.7 Å². The number of benzene rings is 1. The third-order valence-electron chi connectivity index (χ3n) is 6.83. The van der Waals surface area contributed by atoms with Crippen molar-refractivity contribution in [3.05, 3.63) is 46.7 Å². The number of aromatic nitrogens is 2. The van der Waals surface area contributed by atoms with E-state index in [4.69, 9.17) is 4.42 Å². The number of rotatable bonds is 6. The van der Waals surface area contributed by atoms with Crippen molar-refractivity contribution >= 4 is 10.0 Å². The Morgan fingerprint density at radius 3 is 2.45 bits per heavy atom. The lowest BCUT2D eigenvalue weighted by atomic mass is 9.96. The number of nitrogens with zero attached hydrogens (tertiary/aromatic N) is 4. The Balaban J connectivity index is 1.38. The fourth-order valence-electron chi connectivity index (χ4n) is 4.69. The Labute approximate surface area is 185 Å². The van der Waals surface area contributed by atoms with E-state index >= 15 is 0 Å². The van der Waals surface area contributed by atoms with Crippen molar-refractivity contribution in [3.63, 3.8) is 0 Å². The molecule has 7 nitrogen and oxygen atoms in total. The lowest BCUT2D eigenvalue weighted by molar-refractivity contribution is 0.184. The summed E-state index contributed by atoms with van der Waals surface area (Å²) in [4.78, 5) is 2.48. The largest absolute Gasteiger partial charge is 0.423 e. The molecule has 2 aliphatic rings. The van der Waals surface area contributed by atoms with Crippen LogP contribution in [-0.2, 0) is 16.6 Å². The van der Waals surface area contributed by atoms with Gasteiger partial charge in [-0.2, -0.15) is 4.31 Å². The van der Waals surface area contributed by atoms with Crippen LogP contribution in [0, 0.1) is 13.8 Å². The topological polar surface area (TPSA) is 79.5 Å². The summed E-state index contributed by atoms with van der Waals surface area (Å²) >= 11 is 0. The van der Waals surface area contributed by atoms with Gasteiger partial charge in [-0.25, -0.2) is 8.42 Å². The zero-order valence-corrected chi connectivity index (χ0v) is 19.7. The molecule has 0 spiro atoms. The summed E-state index contributed by atoms with van der Waals surface area (Å²) in [5.74, 6) is 1.48. The second kappa shape index (κ2) is 9.38. The lowest BCUT2D eigenvalue weighted by Crippen LogP contribution is -2.39. The molecular formula is C23H34N4O3S. The second-order valence-corrected chi connectivity index (χ2v) is 11.2. The average Bonchev–Trinajstić information content (AvgIpc) is 3.27. The fraction of sp³-hybridized carbons (Fsp3) is 0.652. The van der Waals surface area contributed by atoms with Crippen LogP contribution in [0.4, 0.5) is 0 Å². The van der Waals surface area contributed by atoms with Gasteiger partial charge in [0.25, 0.3) is 0 Å². The standard InChI is InChI=1S/C23H34N4O3S/c1-4-31(28,29)27-12-6-5-7-21(27)23-25-24-22(30-23)20-10-13-26(14-11-20)16-19-9-8-17(2)18(3)15-19/h8-9,15,20-21H,4-7,10-14,16H2,1-3H3. The van der Waals surface area contributed by atoms with Crippen LogP contribution >= 0.6 is 0 Å². The van der Waals surface area contributed by atoms with Gasteiger partial charge in [0, 0.05) is 19.0 Å². The molecule has 1 atom stereocenters. The molecule has 0 amide bonds. The first-order chi connectivity index (χ1) is 14.9. The minimum absolute atomic E-state index is 0.101. The predicted octanol–water partition coefficient (Wildman–Crippen LogP) is 3.94. The van der Waals surface area contributed by atoms with Crippen molar-refractivity contribution < 1.29 is 12.8 Å². The lowest BCUT2D eigenvalue weighted by Gasteiger charge is -2.32. The first kappa shape index (κ1) is 22.4. The van der Waals surface area contributed by atoms with Crippen molar-refractivity contribution in [3.8, 4) is 0 Å². The molecule has 1 aromatic carbocycles. The average molecular weight is 447 g/mol. The van der Waals surface area contributed by atoms with Gasteiger partial charge in [-0.1, -0.05) is 24.6 Å². The molecule has 8 heteroatoms.